The summed E-state index contributed by atoms with van der Waals surface area (Å²) in [5.41, 5.74) is 0. The molecule has 12 heteroatoms. The molecular weight excluding hydrogens is 444 g/mol. The van der Waals surface area contributed by atoms with E-state index in [4.69, 9.17) is 29.2 Å². The lowest BCUT2D eigenvalue weighted by atomic mass is 10.2. The molecule has 0 saturated heterocycles. The molecule has 33 heavy (non-hydrogen) atoms. The van der Waals surface area contributed by atoms with Crippen molar-refractivity contribution in [1.29, 1.82) is 0 Å². The normalized spacial score (nSPS) is 12.2. The summed E-state index contributed by atoms with van der Waals surface area (Å²) < 4.78 is 28.8. The highest BCUT2D eigenvalue weighted by molar-refractivity contribution is 5.72. The SMILES string of the molecule is CC(O)COC(=O)OCCCCOC(=O)CCCC(=O)OCCCCOC(=O)OCC(C)O. The smallest absolute Gasteiger partial charge is 0.466 e. The summed E-state index contributed by atoms with van der Waals surface area (Å²) in [6, 6.07) is 0. The fraction of sp³-hybridized carbons (Fsp3) is 0.810. The minimum atomic E-state index is -0.859. The van der Waals surface area contributed by atoms with Crippen molar-refractivity contribution in [3.63, 3.8) is 0 Å². The van der Waals surface area contributed by atoms with Crippen LogP contribution in [0.5, 0.6) is 0 Å². The van der Waals surface area contributed by atoms with E-state index in [-0.39, 0.29) is 52.5 Å². The summed E-state index contributed by atoms with van der Waals surface area (Å²) in [7, 11) is 0. The third-order valence-electron chi connectivity index (χ3n) is 3.69. The van der Waals surface area contributed by atoms with Gasteiger partial charge in [0.1, 0.15) is 13.2 Å². The third-order valence-corrected chi connectivity index (χ3v) is 3.69. The van der Waals surface area contributed by atoms with Gasteiger partial charge in [-0.1, -0.05) is 0 Å². The molecular formula is C21H36O12. The van der Waals surface area contributed by atoms with Gasteiger partial charge in [0.25, 0.3) is 0 Å². The van der Waals surface area contributed by atoms with E-state index in [9.17, 15) is 19.2 Å². The van der Waals surface area contributed by atoms with E-state index in [0.29, 0.717) is 32.1 Å². The predicted octanol–water partition coefficient (Wildman–Crippen LogP) is 1.87. The van der Waals surface area contributed by atoms with Gasteiger partial charge in [0, 0.05) is 12.8 Å². The van der Waals surface area contributed by atoms with Crippen LogP contribution in [-0.4, -0.2) is 86.3 Å². The van der Waals surface area contributed by atoms with Crippen molar-refractivity contribution in [2.45, 2.75) is 71.0 Å². The number of ether oxygens (including phenoxy) is 6. The predicted molar refractivity (Wildman–Crippen MR) is 112 cm³/mol. The van der Waals surface area contributed by atoms with Crippen LogP contribution in [0.4, 0.5) is 9.59 Å². The van der Waals surface area contributed by atoms with Gasteiger partial charge < -0.3 is 38.6 Å². The summed E-state index contributed by atoms with van der Waals surface area (Å²) in [5.74, 6) is -0.862. The minimum Gasteiger partial charge on any atom is -0.466 e. The number of aliphatic hydroxyl groups is 2. The molecule has 0 saturated carbocycles. The van der Waals surface area contributed by atoms with Crippen LogP contribution in [0.15, 0.2) is 0 Å². The maximum Gasteiger partial charge on any atom is 0.508 e. The van der Waals surface area contributed by atoms with Gasteiger partial charge in [-0.25, -0.2) is 9.59 Å². The van der Waals surface area contributed by atoms with Crippen LogP contribution in [0.25, 0.3) is 0 Å². The monoisotopic (exact) mass is 480 g/mol. The first kappa shape index (κ1) is 30.4. The van der Waals surface area contributed by atoms with Crippen molar-refractivity contribution >= 4 is 24.2 Å². The van der Waals surface area contributed by atoms with Gasteiger partial charge in [-0.3, -0.25) is 9.59 Å². The van der Waals surface area contributed by atoms with Gasteiger partial charge in [0.05, 0.1) is 38.6 Å². The fourth-order valence-corrected chi connectivity index (χ4v) is 2.07. The first-order valence-corrected chi connectivity index (χ1v) is 11.0. The largest absolute Gasteiger partial charge is 0.508 e. The molecule has 2 atom stereocenters. The molecule has 0 aliphatic heterocycles. The highest BCUT2D eigenvalue weighted by atomic mass is 16.7. The Bertz CT molecular complexity index is 513. The summed E-state index contributed by atoms with van der Waals surface area (Å²) in [5, 5.41) is 17.9. The number of unbranched alkanes of at least 4 members (excludes halogenated alkanes) is 2. The maximum atomic E-state index is 11.6. The summed E-state index contributed by atoms with van der Waals surface area (Å²) in [6.07, 6.45) is -0.804. The topological polar surface area (TPSA) is 164 Å². The number of hydrogen-bond donors (Lipinski definition) is 2. The quantitative estimate of drug-likeness (QED) is 0.166. The molecule has 0 amide bonds. The molecule has 192 valence electrons. The average molecular weight is 481 g/mol. The highest BCUT2D eigenvalue weighted by Gasteiger charge is 2.09. The van der Waals surface area contributed by atoms with Gasteiger partial charge >= 0.3 is 24.2 Å². The van der Waals surface area contributed by atoms with E-state index in [0.717, 1.165) is 0 Å². The lowest BCUT2D eigenvalue weighted by Crippen LogP contribution is -2.16. The lowest BCUT2D eigenvalue weighted by molar-refractivity contribution is -0.145. The molecule has 0 fully saturated rings. The van der Waals surface area contributed by atoms with E-state index in [2.05, 4.69) is 9.47 Å². The van der Waals surface area contributed by atoms with Gasteiger partial charge in [-0.05, 0) is 46.0 Å². The molecule has 0 radical (unpaired) electrons. The molecule has 2 unspecified atom stereocenters. The number of carbonyl (C=O) groups excluding carboxylic acids is 4. The van der Waals surface area contributed by atoms with E-state index in [1.165, 1.54) is 13.8 Å². The van der Waals surface area contributed by atoms with Crippen LogP contribution < -0.4 is 0 Å². The number of esters is 2. The van der Waals surface area contributed by atoms with Gasteiger partial charge in [0.2, 0.25) is 0 Å². The number of aliphatic hydroxyl groups excluding tert-OH is 2. The van der Waals surface area contributed by atoms with E-state index in [1.807, 2.05) is 0 Å². The molecule has 0 aliphatic carbocycles. The molecule has 2 N–H and O–H groups in total. The number of rotatable bonds is 18. The molecule has 0 aliphatic rings. The molecule has 0 rings (SSSR count). The van der Waals surface area contributed by atoms with Crippen molar-refractivity contribution in [2.75, 3.05) is 39.6 Å². The van der Waals surface area contributed by atoms with Crippen LogP contribution in [0.2, 0.25) is 0 Å². The molecule has 0 heterocycles. The zero-order valence-electron chi connectivity index (χ0n) is 19.3. The minimum absolute atomic E-state index is 0.0830. The Morgan fingerprint density at radius 1 is 0.545 bits per heavy atom. The van der Waals surface area contributed by atoms with E-state index >= 15 is 0 Å². The van der Waals surface area contributed by atoms with Gasteiger partial charge in [-0.15, -0.1) is 0 Å². The average Bonchev–Trinajstić information content (AvgIpc) is 2.75. The number of carbonyl (C=O) groups is 4. The second-order valence-corrected chi connectivity index (χ2v) is 7.23. The van der Waals surface area contributed by atoms with Crippen molar-refractivity contribution in [3.05, 3.63) is 0 Å². The molecule has 0 aromatic carbocycles. The number of hydrogen-bond acceptors (Lipinski definition) is 12. The fourth-order valence-electron chi connectivity index (χ4n) is 2.07. The summed E-state index contributed by atoms with van der Waals surface area (Å²) >= 11 is 0. The van der Waals surface area contributed by atoms with Gasteiger partial charge in [0.15, 0.2) is 0 Å². The Balaban J connectivity index is 3.49. The van der Waals surface area contributed by atoms with Gasteiger partial charge in [-0.2, -0.15) is 0 Å². The van der Waals surface area contributed by atoms with Crippen molar-refractivity contribution in [3.8, 4) is 0 Å². The Kier molecular flexibility index (Phi) is 18.5. The third kappa shape index (κ3) is 22.4. The second-order valence-electron chi connectivity index (χ2n) is 7.23. The molecule has 0 spiro atoms. The molecule has 0 bridgehead atoms. The van der Waals surface area contributed by atoms with Crippen molar-refractivity contribution in [1.82, 2.24) is 0 Å². The summed E-state index contributed by atoms with van der Waals surface area (Å²) in [6.45, 7) is 3.26. The van der Waals surface area contributed by atoms with Crippen LogP contribution in [0.3, 0.4) is 0 Å². The van der Waals surface area contributed by atoms with Crippen LogP contribution in [-0.2, 0) is 38.0 Å². The van der Waals surface area contributed by atoms with E-state index < -0.39 is 36.5 Å². The standard InChI is InChI=1S/C21H36O12/c1-16(22)14-32-20(26)30-12-5-3-10-28-18(24)8-7-9-19(25)29-11-4-6-13-31-21(27)33-15-17(2)23/h16-17,22-23H,3-15H2,1-2H3. The van der Waals surface area contributed by atoms with Crippen molar-refractivity contribution in [2.24, 2.45) is 0 Å². The highest BCUT2D eigenvalue weighted by Crippen LogP contribution is 2.03. The molecule has 0 aromatic rings. The first-order chi connectivity index (χ1) is 15.7. The Labute approximate surface area is 193 Å². The van der Waals surface area contributed by atoms with Crippen LogP contribution >= 0.6 is 0 Å². The second kappa shape index (κ2) is 20.0. The van der Waals surface area contributed by atoms with E-state index in [1.54, 1.807) is 0 Å². The Hall–Kier alpha value is -2.60. The molecule has 12 nitrogen and oxygen atoms in total. The van der Waals surface area contributed by atoms with Crippen LogP contribution in [0.1, 0.15) is 58.8 Å². The lowest BCUT2D eigenvalue weighted by Gasteiger charge is -2.08. The summed E-state index contributed by atoms with van der Waals surface area (Å²) in [4.78, 5) is 45.5. The zero-order valence-corrected chi connectivity index (χ0v) is 19.3. The van der Waals surface area contributed by atoms with Crippen molar-refractivity contribution < 1.29 is 57.8 Å². The first-order valence-electron chi connectivity index (χ1n) is 11.0. The Morgan fingerprint density at radius 3 is 1.21 bits per heavy atom. The zero-order chi connectivity index (χ0) is 24.9. The Morgan fingerprint density at radius 2 is 0.879 bits per heavy atom. The van der Waals surface area contributed by atoms with Crippen LogP contribution in [0, 0.1) is 0 Å². The molecule has 0 aromatic heterocycles. The maximum absolute atomic E-state index is 11.6.